The van der Waals surface area contributed by atoms with E-state index in [0.29, 0.717) is 23.4 Å². The third kappa shape index (κ3) is 2.36. The number of amides is 1. The summed E-state index contributed by atoms with van der Waals surface area (Å²) in [6.45, 7) is 0.537. The highest BCUT2D eigenvalue weighted by molar-refractivity contribution is 5.68. The Labute approximate surface area is 138 Å². The molecule has 1 aromatic heterocycles. The van der Waals surface area contributed by atoms with Gasteiger partial charge in [0.1, 0.15) is 0 Å². The van der Waals surface area contributed by atoms with Gasteiger partial charge in [-0.25, -0.2) is 9.59 Å². The van der Waals surface area contributed by atoms with Crippen molar-refractivity contribution in [2.45, 2.75) is 44.7 Å². The first-order valence-corrected chi connectivity index (χ1v) is 8.25. The van der Waals surface area contributed by atoms with Crippen LogP contribution in [0.5, 0.6) is 5.88 Å². The topological polar surface area (TPSA) is 85.5 Å². The SMILES string of the molecule is O=C(NC1CCc2ccccc21)On1c(O)c2n(c1=O)CCCC2. The minimum atomic E-state index is -0.739. The number of hydrogen-bond donors (Lipinski definition) is 2. The van der Waals surface area contributed by atoms with Gasteiger partial charge >= 0.3 is 11.8 Å². The number of hydrogen-bond acceptors (Lipinski definition) is 4. The number of aromatic nitrogens is 2. The van der Waals surface area contributed by atoms with E-state index in [1.807, 2.05) is 24.3 Å². The summed E-state index contributed by atoms with van der Waals surface area (Å²) in [6, 6.07) is 7.79. The number of carbonyl (C=O) groups is 1. The van der Waals surface area contributed by atoms with Crippen molar-refractivity contribution in [3.8, 4) is 5.88 Å². The lowest BCUT2D eigenvalue weighted by atomic mass is 10.1. The van der Waals surface area contributed by atoms with Gasteiger partial charge in [-0.1, -0.05) is 29.0 Å². The van der Waals surface area contributed by atoms with Gasteiger partial charge in [-0.15, -0.1) is 0 Å². The van der Waals surface area contributed by atoms with Crippen molar-refractivity contribution in [1.82, 2.24) is 14.6 Å². The maximum Gasteiger partial charge on any atom is 0.432 e. The monoisotopic (exact) mass is 329 g/mol. The summed E-state index contributed by atoms with van der Waals surface area (Å²) in [6.07, 6.45) is 3.34. The van der Waals surface area contributed by atoms with Crippen molar-refractivity contribution in [2.24, 2.45) is 0 Å². The van der Waals surface area contributed by atoms with Crippen LogP contribution >= 0.6 is 0 Å². The number of carbonyl (C=O) groups excluding carboxylic acids is 1. The van der Waals surface area contributed by atoms with Crippen molar-refractivity contribution in [1.29, 1.82) is 0 Å². The molecule has 2 N–H and O–H groups in total. The number of nitrogens with zero attached hydrogens (tertiary/aromatic N) is 2. The minimum Gasteiger partial charge on any atom is -0.491 e. The van der Waals surface area contributed by atoms with Gasteiger partial charge in [-0.3, -0.25) is 4.57 Å². The standard InChI is InChI=1S/C17H19N3O4/c21-15-14-7-3-4-10-19(14)17(23)20(15)24-16(22)18-13-9-8-11-5-1-2-6-12(11)13/h1-2,5-6,13,21H,3-4,7-10H2,(H,18,22). The van der Waals surface area contributed by atoms with Crippen LogP contribution in [0.4, 0.5) is 4.79 Å². The minimum absolute atomic E-state index is 0.135. The Kier molecular flexibility index (Phi) is 3.55. The molecule has 0 bridgehead atoms. The fraction of sp³-hybridized carbons (Fsp3) is 0.412. The first-order valence-electron chi connectivity index (χ1n) is 8.25. The summed E-state index contributed by atoms with van der Waals surface area (Å²) in [4.78, 5) is 29.5. The zero-order chi connectivity index (χ0) is 16.7. The smallest absolute Gasteiger partial charge is 0.432 e. The van der Waals surface area contributed by atoms with Crippen LogP contribution in [0.1, 0.15) is 42.1 Å². The molecule has 1 aliphatic heterocycles. The average Bonchev–Trinajstić information content (AvgIpc) is 3.11. The molecule has 0 saturated heterocycles. The molecular formula is C17H19N3O4. The Morgan fingerprint density at radius 1 is 1.25 bits per heavy atom. The van der Waals surface area contributed by atoms with Crippen LogP contribution in [0.15, 0.2) is 29.1 Å². The zero-order valence-corrected chi connectivity index (χ0v) is 13.2. The van der Waals surface area contributed by atoms with Gasteiger partial charge in [0.05, 0.1) is 11.7 Å². The molecule has 24 heavy (non-hydrogen) atoms. The highest BCUT2D eigenvalue weighted by Gasteiger charge is 2.27. The highest BCUT2D eigenvalue weighted by atomic mass is 16.7. The Morgan fingerprint density at radius 3 is 2.92 bits per heavy atom. The molecule has 7 heteroatoms. The molecule has 7 nitrogen and oxygen atoms in total. The summed E-state index contributed by atoms with van der Waals surface area (Å²) in [5.74, 6) is -0.276. The number of fused-ring (bicyclic) bond motifs is 2. The van der Waals surface area contributed by atoms with Crippen LogP contribution in [-0.4, -0.2) is 20.5 Å². The number of benzene rings is 1. The maximum atomic E-state index is 12.3. The molecule has 1 atom stereocenters. The third-order valence-electron chi connectivity index (χ3n) is 4.83. The van der Waals surface area contributed by atoms with Crippen molar-refractivity contribution in [2.75, 3.05) is 0 Å². The second-order valence-corrected chi connectivity index (χ2v) is 6.27. The molecule has 0 spiro atoms. The molecule has 126 valence electrons. The Hall–Kier alpha value is -2.70. The Morgan fingerprint density at radius 2 is 2.08 bits per heavy atom. The van der Waals surface area contributed by atoms with Gasteiger partial charge in [-0.05, 0) is 43.2 Å². The first kappa shape index (κ1) is 14.9. The third-order valence-corrected chi connectivity index (χ3v) is 4.83. The van der Waals surface area contributed by atoms with E-state index < -0.39 is 11.8 Å². The number of rotatable bonds is 2. The quantitative estimate of drug-likeness (QED) is 0.875. The van der Waals surface area contributed by atoms with Crippen molar-refractivity contribution >= 4 is 6.09 Å². The molecule has 1 amide bonds. The summed E-state index contributed by atoms with van der Waals surface area (Å²) in [5.41, 5.74) is 2.30. The summed E-state index contributed by atoms with van der Waals surface area (Å²) < 4.78 is 2.16. The lowest BCUT2D eigenvalue weighted by molar-refractivity contribution is 0.112. The molecule has 0 fully saturated rings. The van der Waals surface area contributed by atoms with E-state index in [9.17, 15) is 14.7 Å². The predicted octanol–water partition coefficient (Wildman–Crippen LogP) is 1.52. The van der Waals surface area contributed by atoms with Gasteiger partial charge in [0.25, 0.3) is 5.88 Å². The molecule has 2 aliphatic rings. The van der Waals surface area contributed by atoms with E-state index in [0.717, 1.165) is 31.2 Å². The first-order chi connectivity index (χ1) is 11.6. The van der Waals surface area contributed by atoms with Gasteiger partial charge < -0.3 is 15.3 Å². The van der Waals surface area contributed by atoms with Crippen LogP contribution in [0.2, 0.25) is 0 Å². The average molecular weight is 329 g/mol. The fourth-order valence-corrected chi connectivity index (χ4v) is 3.63. The largest absolute Gasteiger partial charge is 0.491 e. The van der Waals surface area contributed by atoms with Crippen molar-refractivity contribution < 1.29 is 14.7 Å². The summed E-state index contributed by atoms with van der Waals surface area (Å²) in [5, 5.41) is 12.9. The van der Waals surface area contributed by atoms with E-state index in [1.54, 1.807) is 0 Å². The number of aryl methyl sites for hydroxylation is 1. The van der Waals surface area contributed by atoms with Crippen LogP contribution in [0.3, 0.4) is 0 Å². The highest BCUT2D eigenvalue weighted by Crippen LogP contribution is 2.30. The van der Waals surface area contributed by atoms with Crippen molar-refractivity contribution in [3.63, 3.8) is 0 Å². The number of nitrogens with one attached hydrogen (secondary N) is 1. The second kappa shape index (κ2) is 5.74. The Bertz CT molecular complexity index is 852. The molecule has 2 aromatic rings. The van der Waals surface area contributed by atoms with E-state index in [1.165, 1.54) is 10.1 Å². The van der Waals surface area contributed by atoms with Gasteiger partial charge in [0.2, 0.25) is 0 Å². The number of aromatic hydroxyl groups is 1. The van der Waals surface area contributed by atoms with Gasteiger partial charge in [-0.2, -0.15) is 0 Å². The molecule has 0 saturated carbocycles. The summed E-state index contributed by atoms with van der Waals surface area (Å²) >= 11 is 0. The molecular weight excluding hydrogens is 310 g/mol. The molecule has 4 rings (SSSR count). The molecule has 1 aromatic carbocycles. The van der Waals surface area contributed by atoms with Crippen LogP contribution in [0, 0.1) is 0 Å². The summed E-state index contributed by atoms with van der Waals surface area (Å²) in [7, 11) is 0. The molecule has 2 heterocycles. The maximum absolute atomic E-state index is 12.3. The van der Waals surface area contributed by atoms with Crippen LogP contribution < -0.4 is 15.8 Å². The predicted molar refractivity (Wildman–Crippen MR) is 85.9 cm³/mol. The normalized spacial score (nSPS) is 18.8. The van der Waals surface area contributed by atoms with Gasteiger partial charge in [0, 0.05) is 6.54 Å². The van der Waals surface area contributed by atoms with E-state index in [2.05, 4.69) is 5.32 Å². The molecule has 0 radical (unpaired) electrons. The Balaban J connectivity index is 1.52. The van der Waals surface area contributed by atoms with E-state index >= 15 is 0 Å². The van der Waals surface area contributed by atoms with E-state index in [-0.39, 0.29) is 11.9 Å². The molecule has 1 unspecified atom stereocenters. The zero-order valence-electron chi connectivity index (χ0n) is 13.2. The molecule has 1 aliphatic carbocycles. The van der Waals surface area contributed by atoms with Crippen molar-refractivity contribution in [3.05, 3.63) is 51.6 Å². The number of imidazole rings is 1. The van der Waals surface area contributed by atoms with Crippen LogP contribution in [-0.2, 0) is 19.4 Å². The fourth-order valence-electron chi connectivity index (χ4n) is 3.63. The second-order valence-electron chi connectivity index (χ2n) is 6.27. The lowest BCUT2D eigenvalue weighted by Gasteiger charge is -2.13. The van der Waals surface area contributed by atoms with Crippen LogP contribution in [0.25, 0.3) is 0 Å². The lowest BCUT2D eigenvalue weighted by Crippen LogP contribution is -2.39. The van der Waals surface area contributed by atoms with E-state index in [4.69, 9.17) is 4.84 Å². The van der Waals surface area contributed by atoms with Gasteiger partial charge in [0.15, 0.2) is 0 Å².